The van der Waals surface area contributed by atoms with Gasteiger partial charge in [-0.15, -0.1) is 0 Å². The number of carboxylic acid groups (broad SMARTS) is 2. The first kappa shape index (κ1) is 21.6. The third kappa shape index (κ3) is 13.1. The molecule has 8 nitrogen and oxygen atoms in total. The predicted molar refractivity (Wildman–Crippen MR) is 78.6 cm³/mol. The van der Waals surface area contributed by atoms with Gasteiger partial charge in [0.2, 0.25) is 5.91 Å². The second kappa shape index (κ2) is 12.1. The van der Waals surface area contributed by atoms with Crippen LogP contribution < -0.4 is 16.8 Å². The Bertz CT molecular complexity index is 330. The maximum atomic E-state index is 11.6. The zero-order valence-electron chi connectivity index (χ0n) is 12.8. The molecule has 1 amide bonds. The molecule has 0 fully saturated rings. The number of carboxylic acids is 2. The molecule has 0 aromatic heterocycles. The lowest BCUT2D eigenvalue weighted by molar-refractivity contribution is -0.142. The van der Waals surface area contributed by atoms with Crippen LogP contribution in [0.25, 0.3) is 0 Å². The lowest BCUT2D eigenvalue weighted by atomic mass is 10.0. The van der Waals surface area contributed by atoms with Crippen LogP contribution in [0.1, 0.15) is 40.0 Å². The van der Waals surface area contributed by atoms with E-state index in [9.17, 15) is 9.59 Å². The van der Waals surface area contributed by atoms with Gasteiger partial charge in [-0.1, -0.05) is 13.8 Å². The van der Waals surface area contributed by atoms with Crippen LogP contribution in [0.2, 0.25) is 0 Å². The third-order valence-electron chi connectivity index (χ3n) is 2.58. The van der Waals surface area contributed by atoms with Gasteiger partial charge in [0.05, 0.1) is 6.04 Å². The van der Waals surface area contributed by atoms with Gasteiger partial charge in [0.1, 0.15) is 6.04 Å². The molecule has 0 aliphatic rings. The zero-order valence-corrected chi connectivity index (χ0v) is 12.8. The Labute approximate surface area is 124 Å². The number of carbonyl (C=O) groups excluding carboxylic acids is 1. The maximum absolute atomic E-state index is 11.6. The van der Waals surface area contributed by atoms with Crippen LogP contribution >= 0.6 is 0 Å². The van der Waals surface area contributed by atoms with Crippen LogP contribution in [0.3, 0.4) is 0 Å². The topological polar surface area (TPSA) is 156 Å². The van der Waals surface area contributed by atoms with E-state index in [-0.39, 0.29) is 5.92 Å². The molecule has 7 N–H and O–H groups in total. The monoisotopic (exact) mass is 305 g/mol. The summed E-state index contributed by atoms with van der Waals surface area (Å²) in [5.74, 6) is -2.31. The van der Waals surface area contributed by atoms with Crippen molar-refractivity contribution in [3.05, 3.63) is 0 Å². The van der Waals surface area contributed by atoms with Gasteiger partial charge >= 0.3 is 5.97 Å². The number of carbonyl (C=O) groups is 3. The quantitative estimate of drug-likeness (QED) is 0.387. The number of hydrogen-bond donors (Lipinski definition) is 5. The molecule has 8 heteroatoms. The molecule has 0 heterocycles. The molecule has 0 saturated carbocycles. The molecule has 0 bridgehead atoms. The van der Waals surface area contributed by atoms with Crippen LogP contribution in [0.15, 0.2) is 0 Å². The molecule has 0 aliphatic carbocycles. The van der Waals surface area contributed by atoms with E-state index in [2.05, 4.69) is 5.32 Å². The Morgan fingerprint density at radius 2 is 1.62 bits per heavy atom. The van der Waals surface area contributed by atoms with Gasteiger partial charge in [-0.2, -0.15) is 0 Å². The minimum absolute atomic E-state index is 0.0199. The highest BCUT2D eigenvalue weighted by Crippen LogP contribution is 2.03. The SMILES string of the molecule is CC(=O)O.CC(C)[C@H](N)C(=O)N[C@@H](CCCCN)C(=O)O. The van der Waals surface area contributed by atoms with Crippen LogP contribution in [-0.2, 0) is 14.4 Å². The number of hydrogen-bond acceptors (Lipinski definition) is 5. The summed E-state index contributed by atoms with van der Waals surface area (Å²) in [6.45, 7) is 5.23. The molecule has 124 valence electrons. The van der Waals surface area contributed by atoms with Gasteiger partial charge in [-0.3, -0.25) is 9.59 Å². The summed E-state index contributed by atoms with van der Waals surface area (Å²) < 4.78 is 0. The highest BCUT2D eigenvalue weighted by atomic mass is 16.4. The van der Waals surface area contributed by atoms with Gasteiger partial charge in [0, 0.05) is 6.92 Å². The smallest absolute Gasteiger partial charge is 0.326 e. The van der Waals surface area contributed by atoms with E-state index in [0.29, 0.717) is 19.4 Å². The Morgan fingerprint density at radius 3 is 1.95 bits per heavy atom. The van der Waals surface area contributed by atoms with Crippen molar-refractivity contribution in [3.8, 4) is 0 Å². The number of aliphatic carboxylic acids is 2. The normalized spacial score (nSPS) is 12.9. The number of rotatable bonds is 8. The van der Waals surface area contributed by atoms with Crippen LogP contribution in [-0.4, -0.2) is 46.7 Å². The van der Waals surface area contributed by atoms with Gasteiger partial charge in [0.15, 0.2) is 0 Å². The highest BCUT2D eigenvalue weighted by molar-refractivity contribution is 5.86. The molecule has 0 radical (unpaired) electrons. The fourth-order valence-corrected chi connectivity index (χ4v) is 1.32. The molecule has 0 rings (SSSR count). The van der Waals surface area contributed by atoms with Gasteiger partial charge in [-0.05, 0) is 31.7 Å². The van der Waals surface area contributed by atoms with Crippen LogP contribution in [0, 0.1) is 5.92 Å². The lowest BCUT2D eigenvalue weighted by Crippen LogP contribution is -2.50. The van der Waals surface area contributed by atoms with E-state index >= 15 is 0 Å². The fraction of sp³-hybridized carbons (Fsp3) is 0.769. The second-order valence-corrected chi connectivity index (χ2v) is 4.97. The molecule has 0 saturated heterocycles. The van der Waals surface area contributed by atoms with Crippen LogP contribution in [0.4, 0.5) is 0 Å². The van der Waals surface area contributed by atoms with Crippen molar-refractivity contribution in [2.24, 2.45) is 17.4 Å². The summed E-state index contributed by atoms with van der Waals surface area (Å²) in [6.07, 6.45) is 1.80. The molecule has 0 aliphatic heterocycles. The maximum Gasteiger partial charge on any atom is 0.326 e. The Morgan fingerprint density at radius 1 is 1.14 bits per heavy atom. The second-order valence-electron chi connectivity index (χ2n) is 4.97. The van der Waals surface area contributed by atoms with Crippen molar-refractivity contribution >= 4 is 17.8 Å². The minimum atomic E-state index is -1.04. The molecule has 2 atom stereocenters. The Balaban J connectivity index is 0. The first-order valence-corrected chi connectivity index (χ1v) is 6.81. The van der Waals surface area contributed by atoms with E-state index in [1.54, 1.807) is 0 Å². The predicted octanol–water partition coefficient (Wildman–Crippen LogP) is -0.241. The fourth-order valence-electron chi connectivity index (χ4n) is 1.32. The number of nitrogens with one attached hydrogen (secondary N) is 1. The summed E-state index contributed by atoms with van der Waals surface area (Å²) in [7, 11) is 0. The number of amides is 1. The van der Waals surface area contributed by atoms with E-state index < -0.39 is 29.9 Å². The first-order valence-electron chi connectivity index (χ1n) is 6.81. The van der Waals surface area contributed by atoms with E-state index in [0.717, 1.165) is 13.3 Å². The van der Waals surface area contributed by atoms with Crippen molar-refractivity contribution in [2.75, 3.05) is 6.54 Å². The van der Waals surface area contributed by atoms with Crippen molar-refractivity contribution < 1.29 is 24.6 Å². The number of unbranched alkanes of at least 4 members (excludes halogenated alkanes) is 1. The molecule has 0 aromatic carbocycles. The third-order valence-corrected chi connectivity index (χ3v) is 2.58. The average molecular weight is 305 g/mol. The first-order chi connectivity index (χ1) is 9.63. The van der Waals surface area contributed by atoms with E-state index in [1.165, 1.54) is 0 Å². The van der Waals surface area contributed by atoms with Crippen molar-refractivity contribution in [1.82, 2.24) is 5.32 Å². The summed E-state index contributed by atoms with van der Waals surface area (Å²) in [5, 5.41) is 18.8. The van der Waals surface area contributed by atoms with E-state index in [4.69, 9.17) is 26.5 Å². The Kier molecular flexibility index (Phi) is 12.5. The minimum Gasteiger partial charge on any atom is -0.481 e. The Hall–Kier alpha value is -1.67. The molecule has 21 heavy (non-hydrogen) atoms. The molecular weight excluding hydrogens is 278 g/mol. The van der Waals surface area contributed by atoms with Crippen LogP contribution in [0.5, 0.6) is 0 Å². The van der Waals surface area contributed by atoms with Crippen molar-refractivity contribution in [2.45, 2.75) is 52.1 Å². The highest BCUT2D eigenvalue weighted by Gasteiger charge is 2.24. The van der Waals surface area contributed by atoms with Crippen molar-refractivity contribution in [1.29, 1.82) is 0 Å². The van der Waals surface area contributed by atoms with E-state index in [1.807, 2.05) is 13.8 Å². The summed E-state index contributed by atoms with van der Waals surface area (Å²) >= 11 is 0. The zero-order chi connectivity index (χ0) is 17.0. The standard InChI is InChI=1S/C11H23N3O3.C2H4O2/c1-7(2)9(13)10(15)14-8(11(16)17)5-3-4-6-12;1-2(3)4/h7-9H,3-6,12-13H2,1-2H3,(H,14,15)(H,16,17);1H3,(H,3,4)/t8-,9-;/m0./s1. The summed E-state index contributed by atoms with van der Waals surface area (Å²) in [6, 6.07) is -1.55. The average Bonchev–Trinajstić information content (AvgIpc) is 2.35. The summed E-state index contributed by atoms with van der Waals surface area (Å²) in [5.41, 5.74) is 11.0. The number of nitrogens with two attached hydrogens (primary N) is 2. The molecule has 0 aromatic rings. The molecule has 0 spiro atoms. The van der Waals surface area contributed by atoms with Gasteiger partial charge < -0.3 is 27.0 Å². The van der Waals surface area contributed by atoms with Crippen molar-refractivity contribution in [3.63, 3.8) is 0 Å². The molecule has 0 unspecified atom stereocenters. The van der Waals surface area contributed by atoms with Gasteiger partial charge in [0.25, 0.3) is 5.97 Å². The summed E-state index contributed by atoms with van der Waals surface area (Å²) in [4.78, 5) is 31.5. The van der Waals surface area contributed by atoms with Gasteiger partial charge in [-0.25, -0.2) is 4.79 Å². The lowest BCUT2D eigenvalue weighted by Gasteiger charge is -2.19. The molecular formula is C13H27N3O5. The largest absolute Gasteiger partial charge is 0.481 e.